The molecule has 2 N–H and O–H groups in total. The lowest BCUT2D eigenvalue weighted by Gasteiger charge is -2.30. The van der Waals surface area contributed by atoms with Crippen LogP contribution < -0.4 is 5.73 Å². The number of thiophene rings is 1. The second kappa shape index (κ2) is 6.34. The lowest BCUT2D eigenvalue weighted by Crippen LogP contribution is -2.38. The standard InChI is InChI=1S/C14H22N2OS/c1-2-16(10-13-4-3-9-18-13)14(17)11-5-7-12(15)8-6-11/h3-4,9,11-12H,2,5-8,10,15H2,1H3. The third kappa shape index (κ3) is 3.33. The highest BCUT2D eigenvalue weighted by Gasteiger charge is 2.27. The van der Waals surface area contributed by atoms with Crippen molar-refractivity contribution in [1.82, 2.24) is 4.90 Å². The van der Waals surface area contributed by atoms with Gasteiger partial charge in [-0.1, -0.05) is 6.07 Å². The number of amides is 1. The van der Waals surface area contributed by atoms with E-state index in [1.54, 1.807) is 11.3 Å². The predicted molar refractivity (Wildman–Crippen MR) is 75.3 cm³/mol. The van der Waals surface area contributed by atoms with E-state index >= 15 is 0 Å². The Morgan fingerprint density at radius 3 is 2.72 bits per heavy atom. The summed E-state index contributed by atoms with van der Waals surface area (Å²) in [4.78, 5) is 15.7. The Morgan fingerprint density at radius 1 is 1.44 bits per heavy atom. The molecule has 100 valence electrons. The predicted octanol–water partition coefficient (Wildman–Crippen LogP) is 2.61. The molecule has 2 rings (SSSR count). The maximum Gasteiger partial charge on any atom is 0.225 e. The van der Waals surface area contributed by atoms with Crippen LogP contribution in [-0.4, -0.2) is 23.4 Å². The van der Waals surface area contributed by atoms with Crippen LogP contribution in [0.4, 0.5) is 0 Å². The molecule has 0 saturated heterocycles. The summed E-state index contributed by atoms with van der Waals surface area (Å²) < 4.78 is 0. The number of carbonyl (C=O) groups excluding carboxylic acids is 1. The summed E-state index contributed by atoms with van der Waals surface area (Å²) in [5.74, 6) is 0.516. The van der Waals surface area contributed by atoms with Crippen molar-refractivity contribution in [2.45, 2.75) is 45.2 Å². The van der Waals surface area contributed by atoms with Crippen LogP contribution in [0.3, 0.4) is 0 Å². The number of carbonyl (C=O) groups is 1. The molecule has 0 aromatic carbocycles. The van der Waals surface area contributed by atoms with E-state index in [4.69, 9.17) is 5.73 Å². The van der Waals surface area contributed by atoms with Crippen LogP contribution in [0.15, 0.2) is 17.5 Å². The molecule has 1 aliphatic rings. The number of nitrogens with zero attached hydrogens (tertiary/aromatic N) is 1. The lowest BCUT2D eigenvalue weighted by atomic mass is 9.85. The van der Waals surface area contributed by atoms with E-state index in [2.05, 4.69) is 18.4 Å². The minimum absolute atomic E-state index is 0.199. The van der Waals surface area contributed by atoms with Crippen molar-refractivity contribution in [3.63, 3.8) is 0 Å². The molecule has 1 fully saturated rings. The van der Waals surface area contributed by atoms with Gasteiger partial charge in [-0.2, -0.15) is 0 Å². The second-order valence-corrected chi connectivity index (χ2v) is 6.08. The van der Waals surface area contributed by atoms with Gasteiger partial charge < -0.3 is 10.6 Å². The van der Waals surface area contributed by atoms with Crippen LogP contribution in [0, 0.1) is 5.92 Å². The SMILES string of the molecule is CCN(Cc1cccs1)C(=O)C1CCC(N)CC1. The van der Waals surface area contributed by atoms with Crippen LogP contribution >= 0.6 is 11.3 Å². The number of hydrogen-bond acceptors (Lipinski definition) is 3. The topological polar surface area (TPSA) is 46.3 Å². The smallest absolute Gasteiger partial charge is 0.225 e. The molecule has 18 heavy (non-hydrogen) atoms. The Morgan fingerprint density at radius 2 is 2.17 bits per heavy atom. The minimum Gasteiger partial charge on any atom is -0.338 e. The summed E-state index contributed by atoms with van der Waals surface area (Å²) in [6, 6.07) is 4.44. The molecule has 0 bridgehead atoms. The fourth-order valence-corrected chi connectivity index (χ4v) is 3.28. The third-order valence-electron chi connectivity index (χ3n) is 3.74. The van der Waals surface area contributed by atoms with Gasteiger partial charge in [0, 0.05) is 23.4 Å². The molecule has 1 heterocycles. The maximum absolute atomic E-state index is 12.5. The summed E-state index contributed by atoms with van der Waals surface area (Å²) in [5.41, 5.74) is 5.89. The van der Waals surface area contributed by atoms with Crippen molar-refractivity contribution in [3.8, 4) is 0 Å². The molecule has 4 heteroatoms. The summed E-state index contributed by atoms with van der Waals surface area (Å²) in [7, 11) is 0. The minimum atomic E-state index is 0.199. The summed E-state index contributed by atoms with van der Waals surface area (Å²) in [6.07, 6.45) is 3.90. The Hall–Kier alpha value is -0.870. The fraction of sp³-hybridized carbons (Fsp3) is 0.643. The molecule has 3 nitrogen and oxygen atoms in total. The molecule has 0 radical (unpaired) electrons. The third-order valence-corrected chi connectivity index (χ3v) is 4.60. The molecular weight excluding hydrogens is 244 g/mol. The van der Waals surface area contributed by atoms with Crippen molar-refractivity contribution in [2.24, 2.45) is 11.7 Å². The van der Waals surface area contributed by atoms with Gasteiger partial charge in [-0.15, -0.1) is 11.3 Å². The Bertz CT molecular complexity index is 369. The first-order chi connectivity index (χ1) is 8.70. The number of rotatable bonds is 4. The summed E-state index contributed by atoms with van der Waals surface area (Å²) >= 11 is 1.72. The van der Waals surface area contributed by atoms with Gasteiger partial charge in [-0.25, -0.2) is 0 Å². The average molecular weight is 266 g/mol. The van der Waals surface area contributed by atoms with E-state index in [1.807, 2.05) is 11.0 Å². The second-order valence-electron chi connectivity index (χ2n) is 5.04. The molecule has 1 aliphatic carbocycles. The van der Waals surface area contributed by atoms with Gasteiger partial charge in [0.15, 0.2) is 0 Å². The first kappa shape index (κ1) is 13.6. The highest BCUT2D eigenvalue weighted by atomic mass is 32.1. The quantitative estimate of drug-likeness (QED) is 0.910. The average Bonchev–Trinajstić information content (AvgIpc) is 2.89. The van der Waals surface area contributed by atoms with Gasteiger partial charge in [-0.3, -0.25) is 4.79 Å². The monoisotopic (exact) mass is 266 g/mol. The van der Waals surface area contributed by atoms with E-state index in [0.29, 0.717) is 11.9 Å². The van der Waals surface area contributed by atoms with Gasteiger partial charge >= 0.3 is 0 Å². The normalized spacial score (nSPS) is 23.9. The van der Waals surface area contributed by atoms with Gasteiger partial charge in [0.25, 0.3) is 0 Å². The molecule has 1 amide bonds. The molecule has 1 aromatic rings. The largest absolute Gasteiger partial charge is 0.338 e. The summed E-state index contributed by atoms with van der Waals surface area (Å²) in [6.45, 7) is 3.61. The highest BCUT2D eigenvalue weighted by molar-refractivity contribution is 7.09. The molecule has 1 aromatic heterocycles. The first-order valence-electron chi connectivity index (χ1n) is 6.77. The van der Waals surface area contributed by atoms with Crippen LogP contribution in [0.1, 0.15) is 37.5 Å². The van der Waals surface area contributed by atoms with Crippen LogP contribution in [0.5, 0.6) is 0 Å². The number of hydrogen-bond donors (Lipinski definition) is 1. The Labute approximate surface area is 113 Å². The van der Waals surface area contributed by atoms with Crippen molar-refractivity contribution < 1.29 is 4.79 Å². The zero-order chi connectivity index (χ0) is 13.0. The first-order valence-corrected chi connectivity index (χ1v) is 7.65. The summed E-state index contributed by atoms with van der Waals surface area (Å²) in [5, 5.41) is 2.06. The van der Waals surface area contributed by atoms with E-state index < -0.39 is 0 Å². The van der Waals surface area contributed by atoms with E-state index in [1.165, 1.54) is 4.88 Å². The molecule has 1 saturated carbocycles. The zero-order valence-electron chi connectivity index (χ0n) is 11.0. The molecule has 0 atom stereocenters. The zero-order valence-corrected chi connectivity index (χ0v) is 11.8. The molecule has 0 aliphatic heterocycles. The van der Waals surface area contributed by atoms with Crippen molar-refractivity contribution >= 4 is 17.2 Å². The van der Waals surface area contributed by atoms with E-state index in [0.717, 1.165) is 38.8 Å². The Kier molecular flexibility index (Phi) is 4.78. The molecule has 0 spiro atoms. The lowest BCUT2D eigenvalue weighted by molar-refractivity contribution is -0.137. The van der Waals surface area contributed by atoms with Crippen LogP contribution in [0.2, 0.25) is 0 Å². The fourth-order valence-electron chi connectivity index (χ4n) is 2.56. The van der Waals surface area contributed by atoms with Gasteiger partial charge in [-0.05, 0) is 44.1 Å². The maximum atomic E-state index is 12.5. The van der Waals surface area contributed by atoms with Gasteiger partial charge in [0.05, 0.1) is 6.54 Å². The van der Waals surface area contributed by atoms with E-state index in [9.17, 15) is 4.79 Å². The van der Waals surface area contributed by atoms with Gasteiger partial charge in [0.2, 0.25) is 5.91 Å². The molecular formula is C14H22N2OS. The van der Waals surface area contributed by atoms with Crippen molar-refractivity contribution in [2.75, 3.05) is 6.54 Å². The van der Waals surface area contributed by atoms with Crippen LogP contribution in [-0.2, 0) is 11.3 Å². The molecule has 0 unspecified atom stereocenters. The van der Waals surface area contributed by atoms with Gasteiger partial charge in [0.1, 0.15) is 0 Å². The highest BCUT2D eigenvalue weighted by Crippen LogP contribution is 2.26. The number of nitrogens with two attached hydrogens (primary N) is 1. The Balaban J connectivity index is 1.93. The van der Waals surface area contributed by atoms with Crippen molar-refractivity contribution in [3.05, 3.63) is 22.4 Å². The van der Waals surface area contributed by atoms with E-state index in [-0.39, 0.29) is 5.92 Å². The van der Waals surface area contributed by atoms with Crippen LogP contribution in [0.25, 0.3) is 0 Å². The van der Waals surface area contributed by atoms with Crippen molar-refractivity contribution in [1.29, 1.82) is 0 Å².